The van der Waals surface area contributed by atoms with Crippen LogP contribution in [-0.2, 0) is 9.63 Å². The van der Waals surface area contributed by atoms with E-state index in [9.17, 15) is 9.18 Å². The van der Waals surface area contributed by atoms with Gasteiger partial charge in [0.15, 0.2) is 0 Å². The van der Waals surface area contributed by atoms with Crippen LogP contribution < -0.4 is 5.90 Å². The molecule has 0 spiro atoms. The third-order valence-corrected chi connectivity index (χ3v) is 0.991. The zero-order valence-electron chi connectivity index (χ0n) is 5.42. The van der Waals surface area contributed by atoms with Gasteiger partial charge in [-0.3, -0.25) is 4.79 Å². The van der Waals surface area contributed by atoms with Crippen LogP contribution in [0.2, 0.25) is 0 Å². The van der Waals surface area contributed by atoms with E-state index in [1.165, 1.54) is 0 Å². The van der Waals surface area contributed by atoms with Crippen LogP contribution in [-0.4, -0.2) is 23.9 Å². The zero-order chi connectivity index (χ0) is 7.98. The molecule has 0 radical (unpaired) electrons. The van der Waals surface area contributed by atoms with Crippen molar-refractivity contribution in [1.29, 1.82) is 0 Å². The van der Waals surface area contributed by atoms with Crippen LogP contribution in [0, 0.1) is 0 Å². The van der Waals surface area contributed by atoms with E-state index in [-0.39, 0.29) is 12.8 Å². The first-order valence-electron chi connectivity index (χ1n) is 2.84. The molecule has 0 aliphatic heterocycles. The molecule has 0 aromatic rings. The smallest absolute Gasteiger partial charge is 0.324 e. The lowest BCUT2D eigenvalue weighted by atomic mass is 10.2. The Kier molecular flexibility index (Phi) is 4.78. The molecule has 0 saturated carbocycles. The Labute approximate surface area is 57.7 Å². The third kappa shape index (κ3) is 4.22. The lowest BCUT2D eigenvalue weighted by Crippen LogP contribution is -2.15. The number of rotatable bonds is 4. The number of nitrogens with two attached hydrogens (primary N) is 1. The molecule has 10 heavy (non-hydrogen) atoms. The molecule has 0 aliphatic carbocycles. The fourth-order valence-corrected chi connectivity index (χ4v) is 0.421. The summed E-state index contributed by atoms with van der Waals surface area (Å²) in [7, 11) is 0. The number of aliphatic hydroxyl groups is 1. The second-order valence-electron chi connectivity index (χ2n) is 1.84. The Morgan fingerprint density at radius 2 is 2.40 bits per heavy atom. The van der Waals surface area contributed by atoms with E-state index in [1.54, 1.807) is 0 Å². The van der Waals surface area contributed by atoms with Gasteiger partial charge in [0, 0.05) is 6.42 Å². The number of hydrogen-bond donors (Lipinski definition) is 2. The Balaban J connectivity index is 3.26. The molecular weight excluding hydrogens is 141 g/mol. The summed E-state index contributed by atoms with van der Waals surface area (Å²) in [6.45, 7) is -0.849. The van der Waals surface area contributed by atoms with E-state index >= 15 is 0 Å². The largest absolute Gasteiger partial charge is 0.390 e. The number of carbonyl (C=O) groups is 1. The number of hydrogen-bond acceptors (Lipinski definition) is 4. The van der Waals surface area contributed by atoms with Crippen LogP contribution >= 0.6 is 0 Å². The summed E-state index contributed by atoms with van der Waals surface area (Å²) in [6, 6.07) is 0. The fourth-order valence-electron chi connectivity index (χ4n) is 0.421. The minimum absolute atomic E-state index is 0.0481. The second kappa shape index (κ2) is 5.13. The van der Waals surface area contributed by atoms with Crippen LogP contribution in [0.5, 0.6) is 0 Å². The minimum atomic E-state index is -1.08. The molecule has 0 rings (SSSR count). The van der Waals surface area contributed by atoms with E-state index in [0.29, 0.717) is 0 Å². The topological polar surface area (TPSA) is 72.5 Å². The van der Waals surface area contributed by atoms with Gasteiger partial charge < -0.3 is 9.94 Å². The Bertz CT molecular complexity index is 109. The van der Waals surface area contributed by atoms with Crippen LogP contribution in [0.4, 0.5) is 4.39 Å². The van der Waals surface area contributed by atoms with Gasteiger partial charge in [-0.1, -0.05) is 0 Å². The highest BCUT2D eigenvalue weighted by molar-refractivity contribution is 5.68. The summed E-state index contributed by atoms with van der Waals surface area (Å²) in [5.41, 5.74) is 0. The predicted octanol–water partition coefficient (Wildman–Crippen LogP) is -0.486. The quantitative estimate of drug-likeness (QED) is 0.532. The van der Waals surface area contributed by atoms with Gasteiger partial charge in [-0.05, 0) is 6.42 Å². The first kappa shape index (κ1) is 9.32. The van der Waals surface area contributed by atoms with Gasteiger partial charge in [0.05, 0.1) is 6.10 Å². The van der Waals surface area contributed by atoms with Crippen molar-refractivity contribution in [2.45, 2.75) is 18.9 Å². The maximum atomic E-state index is 11.5. The van der Waals surface area contributed by atoms with Crippen molar-refractivity contribution in [2.24, 2.45) is 5.90 Å². The highest BCUT2D eigenvalue weighted by Gasteiger charge is 2.07. The van der Waals surface area contributed by atoms with Gasteiger partial charge in [0.2, 0.25) is 0 Å². The number of alkyl halides is 1. The van der Waals surface area contributed by atoms with E-state index in [2.05, 4.69) is 10.7 Å². The van der Waals surface area contributed by atoms with E-state index in [4.69, 9.17) is 5.11 Å². The lowest BCUT2D eigenvalue weighted by Gasteiger charge is -2.02. The monoisotopic (exact) mass is 151 g/mol. The van der Waals surface area contributed by atoms with Crippen LogP contribution in [0.3, 0.4) is 0 Å². The van der Waals surface area contributed by atoms with E-state index in [0.717, 1.165) is 0 Å². The molecule has 0 saturated heterocycles. The van der Waals surface area contributed by atoms with E-state index in [1.807, 2.05) is 0 Å². The number of halogens is 1. The molecule has 1 atom stereocenters. The summed E-state index contributed by atoms with van der Waals surface area (Å²) < 4.78 is 11.5. The SMILES string of the molecule is NOC(=O)CCC(O)CF. The molecule has 0 amide bonds. The summed E-state index contributed by atoms with van der Waals surface area (Å²) in [5, 5.41) is 8.58. The standard InChI is InChI=1S/C5H10FNO3/c6-3-4(8)1-2-5(9)10-7/h4,8H,1-3,7H2. The molecule has 0 aliphatic rings. The van der Waals surface area contributed by atoms with Crippen molar-refractivity contribution in [3.63, 3.8) is 0 Å². The minimum Gasteiger partial charge on any atom is -0.390 e. The molecule has 60 valence electrons. The zero-order valence-corrected chi connectivity index (χ0v) is 5.42. The molecule has 1 unspecified atom stereocenters. The lowest BCUT2D eigenvalue weighted by molar-refractivity contribution is -0.144. The molecule has 0 aromatic carbocycles. The Morgan fingerprint density at radius 3 is 2.80 bits per heavy atom. The first-order valence-corrected chi connectivity index (χ1v) is 2.84. The molecule has 3 N–H and O–H groups in total. The number of aliphatic hydroxyl groups excluding tert-OH is 1. The fraction of sp³-hybridized carbons (Fsp3) is 0.800. The summed E-state index contributed by atoms with van der Waals surface area (Å²) >= 11 is 0. The normalized spacial score (nSPS) is 12.7. The van der Waals surface area contributed by atoms with Gasteiger partial charge in [-0.25, -0.2) is 4.39 Å². The summed E-state index contributed by atoms with van der Waals surface area (Å²) in [4.78, 5) is 14.0. The van der Waals surface area contributed by atoms with Crippen molar-refractivity contribution in [1.82, 2.24) is 0 Å². The maximum Gasteiger partial charge on any atom is 0.324 e. The van der Waals surface area contributed by atoms with Gasteiger partial charge in [0.25, 0.3) is 0 Å². The van der Waals surface area contributed by atoms with Crippen molar-refractivity contribution in [3.05, 3.63) is 0 Å². The molecule has 0 aromatic heterocycles. The average Bonchev–Trinajstić information content (AvgIpc) is 1.99. The van der Waals surface area contributed by atoms with Crippen molar-refractivity contribution in [2.75, 3.05) is 6.67 Å². The van der Waals surface area contributed by atoms with Crippen LogP contribution in [0.25, 0.3) is 0 Å². The molecule has 0 bridgehead atoms. The molecule has 0 heterocycles. The molecule has 5 heteroatoms. The summed E-state index contributed by atoms with van der Waals surface area (Å²) in [5.74, 6) is 3.83. The first-order chi connectivity index (χ1) is 4.70. The second-order valence-corrected chi connectivity index (χ2v) is 1.84. The van der Waals surface area contributed by atoms with Gasteiger partial charge >= 0.3 is 5.97 Å². The van der Waals surface area contributed by atoms with Crippen molar-refractivity contribution < 1.29 is 19.1 Å². The Hall–Kier alpha value is -0.680. The highest BCUT2D eigenvalue weighted by atomic mass is 19.1. The molecular formula is C5H10FNO3. The highest BCUT2D eigenvalue weighted by Crippen LogP contribution is 1.97. The van der Waals surface area contributed by atoms with Crippen molar-refractivity contribution >= 4 is 5.97 Å². The maximum absolute atomic E-state index is 11.5. The average molecular weight is 151 g/mol. The third-order valence-electron chi connectivity index (χ3n) is 0.991. The van der Waals surface area contributed by atoms with Crippen molar-refractivity contribution in [3.8, 4) is 0 Å². The van der Waals surface area contributed by atoms with Gasteiger partial charge in [-0.2, -0.15) is 5.90 Å². The van der Waals surface area contributed by atoms with E-state index < -0.39 is 18.7 Å². The number of carbonyl (C=O) groups excluding carboxylic acids is 1. The molecule has 0 fully saturated rings. The Morgan fingerprint density at radius 1 is 1.80 bits per heavy atom. The van der Waals surface area contributed by atoms with Crippen LogP contribution in [0.1, 0.15) is 12.8 Å². The van der Waals surface area contributed by atoms with Crippen LogP contribution in [0.15, 0.2) is 0 Å². The predicted molar refractivity (Wildman–Crippen MR) is 31.5 cm³/mol. The van der Waals surface area contributed by atoms with Gasteiger partial charge in [-0.15, -0.1) is 0 Å². The molecule has 4 nitrogen and oxygen atoms in total. The summed E-state index contributed by atoms with van der Waals surface area (Å²) in [6.07, 6.45) is -1.09. The van der Waals surface area contributed by atoms with Gasteiger partial charge in [0.1, 0.15) is 6.67 Å².